The Labute approximate surface area is 137 Å². The van der Waals surface area contributed by atoms with Gasteiger partial charge in [0.1, 0.15) is 0 Å². The summed E-state index contributed by atoms with van der Waals surface area (Å²) in [5.74, 6) is 0.697. The van der Waals surface area contributed by atoms with Crippen molar-refractivity contribution >= 4 is 0 Å². The van der Waals surface area contributed by atoms with Crippen LogP contribution in [-0.4, -0.2) is 9.97 Å². The molecule has 0 saturated heterocycles. The summed E-state index contributed by atoms with van der Waals surface area (Å²) >= 11 is 0. The monoisotopic (exact) mass is 300 g/mol. The van der Waals surface area contributed by atoms with E-state index in [0.717, 1.165) is 35.4 Å². The summed E-state index contributed by atoms with van der Waals surface area (Å²) in [7, 11) is 0. The van der Waals surface area contributed by atoms with Crippen molar-refractivity contribution in [2.75, 3.05) is 0 Å². The maximum absolute atomic E-state index is 5.05. The molecule has 0 fully saturated rings. The highest BCUT2D eigenvalue weighted by Crippen LogP contribution is 2.32. The summed E-state index contributed by atoms with van der Waals surface area (Å²) in [4.78, 5) is 10.1. The van der Waals surface area contributed by atoms with Crippen LogP contribution in [0.1, 0.15) is 24.7 Å². The molecule has 1 aliphatic carbocycles. The molecule has 0 spiro atoms. The van der Waals surface area contributed by atoms with Crippen LogP contribution in [0.3, 0.4) is 0 Å². The largest absolute Gasteiger partial charge is 0.249 e. The number of aromatic nitrogens is 2. The first-order valence-electron chi connectivity index (χ1n) is 8.32. The predicted octanol–water partition coefficient (Wildman–Crippen LogP) is 4.94. The molecule has 2 aromatic carbocycles. The third-order valence-corrected chi connectivity index (χ3v) is 4.56. The Kier molecular flexibility index (Phi) is 3.66. The maximum atomic E-state index is 5.05. The normalized spacial score (nSPS) is 16.8. The van der Waals surface area contributed by atoms with E-state index in [-0.39, 0.29) is 0 Å². The average Bonchev–Trinajstić information content (AvgIpc) is 2.62. The minimum atomic E-state index is 0.697. The summed E-state index contributed by atoms with van der Waals surface area (Å²) in [5, 5.41) is 0. The molecule has 1 atom stereocenters. The van der Waals surface area contributed by atoms with E-state index in [2.05, 4.69) is 55.5 Å². The molecule has 0 radical (unpaired) electrons. The van der Waals surface area contributed by atoms with Crippen molar-refractivity contribution in [1.29, 1.82) is 0 Å². The first kappa shape index (κ1) is 14.1. The van der Waals surface area contributed by atoms with E-state index in [0.29, 0.717) is 5.92 Å². The van der Waals surface area contributed by atoms with Gasteiger partial charge in [0.25, 0.3) is 0 Å². The van der Waals surface area contributed by atoms with Crippen molar-refractivity contribution < 1.29 is 0 Å². The van der Waals surface area contributed by atoms with E-state index in [1.807, 2.05) is 12.1 Å². The van der Waals surface area contributed by atoms with Crippen LogP contribution in [0.2, 0.25) is 0 Å². The van der Waals surface area contributed by atoms with Crippen LogP contribution in [0, 0.1) is 5.92 Å². The Hall–Kier alpha value is -2.48. The van der Waals surface area contributed by atoms with Gasteiger partial charge in [0.05, 0.1) is 22.8 Å². The summed E-state index contributed by atoms with van der Waals surface area (Å²) in [5.41, 5.74) is 6.65. The van der Waals surface area contributed by atoms with Crippen LogP contribution < -0.4 is 0 Å². The summed E-state index contributed by atoms with van der Waals surface area (Å²) in [6.45, 7) is 2.30. The average molecular weight is 300 g/mol. The minimum absolute atomic E-state index is 0.697. The van der Waals surface area contributed by atoms with Crippen LogP contribution in [0.25, 0.3) is 22.5 Å². The van der Waals surface area contributed by atoms with Crippen molar-refractivity contribution in [3.8, 4) is 22.5 Å². The number of aryl methyl sites for hydroxylation is 1. The molecule has 23 heavy (non-hydrogen) atoms. The van der Waals surface area contributed by atoms with E-state index < -0.39 is 0 Å². The fourth-order valence-corrected chi connectivity index (χ4v) is 3.28. The van der Waals surface area contributed by atoms with Gasteiger partial charge in [-0.1, -0.05) is 67.6 Å². The van der Waals surface area contributed by atoms with E-state index >= 15 is 0 Å². The number of benzene rings is 2. The second-order valence-electron chi connectivity index (χ2n) is 6.39. The Bertz CT molecular complexity index is 810. The Morgan fingerprint density at radius 1 is 0.739 bits per heavy atom. The molecule has 0 amide bonds. The molecule has 0 bridgehead atoms. The molecule has 0 saturated carbocycles. The number of nitrogens with zero attached hydrogens (tertiary/aromatic N) is 2. The van der Waals surface area contributed by atoms with Crippen molar-refractivity contribution in [2.24, 2.45) is 5.92 Å². The fraction of sp³-hybridized carbons (Fsp3) is 0.238. The topological polar surface area (TPSA) is 25.8 Å². The molecule has 1 unspecified atom stereocenters. The lowest BCUT2D eigenvalue weighted by Gasteiger charge is -2.22. The lowest BCUT2D eigenvalue weighted by atomic mass is 9.90. The quantitative estimate of drug-likeness (QED) is 0.670. The Balaban J connectivity index is 1.93. The first-order valence-corrected chi connectivity index (χ1v) is 8.32. The zero-order valence-corrected chi connectivity index (χ0v) is 13.4. The third kappa shape index (κ3) is 2.77. The van der Waals surface area contributed by atoms with Gasteiger partial charge in [-0.25, -0.2) is 9.97 Å². The standard InChI is InChI=1S/C21H20N2/c1-15-12-13-18-19(14-15)23-21(17-10-6-3-7-11-17)20(22-18)16-8-4-2-5-9-16/h2-11,15H,12-14H2,1H3. The number of rotatable bonds is 2. The van der Waals surface area contributed by atoms with Crippen molar-refractivity contribution in [3.05, 3.63) is 72.1 Å². The minimum Gasteiger partial charge on any atom is -0.249 e. The third-order valence-electron chi connectivity index (χ3n) is 4.56. The second-order valence-corrected chi connectivity index (χ2v) is 6.39. The van der Waals surface area contributed by atoms with Gasteiger partial charge in [-0.05, 0) is 25.2 Å². The van der Waals surface area contributed by atoms with Crippen LogP contribution in [0.15, 0.2) is 60.7 Å². The zero-order valence-electron chi connectivity index (χ0n) is 13.4. The Morgan fingerprint density at radius 2 is 1.26 bits per heavy atom. The summed E-state index contributed by atoms with van der Waals surface area (Å²) in [6.07, 6.45) is 3.29. The van der Waals surface area contributed by atoms with Crippen molar-refractivity contribution in [1.82, 2.24) is 9.97 Å². The van der Waals surface area contributed by atoms with E-state index in [9.17, 15) is 0 Å². The van der Waals surface area contributed by atoms with Gasteiger partial charge in [-0.3, -0.25) is 0 Å². The van der Waals surface area contributed by atoms with E-state index in [1.54, 1.807) is 0 Å². The molecule has 4 rings (SSSR count). The molecular formula is C21H20N2. The van der Waals surface area contributed by atoms with Gasteiger partial charge in [-0.15, -0.1) is 0 Å². The van der Waals surface area contributed by atoms with Gasteiger partial charge < -0.3 is 0 Å². The molecule has 1 aromatic heterocycles. The molecule has 114 valence electrons. The zero-order chi connectivity index (χ0) is 15.6. The molecule has 0 N–H and O–H groups in total. The van der Waals surface area contributed by atoms with Crippen molar-refractivity contribution in [2.45, 2.75) is 26.2 Å². The molecule has 3 aromatic rings. The van der Waals surface area contributed by atoms with Crippen molar-refractivity contribution in [3.63, 3.8) is 0 Å². The highest BCUT2D eigenvalue weighted by atomic mass is 14.9. The molecular weight excluding hydrogens is 280 g/mol. The number of fused-ring (bicyclic) bond motifs is 1. The van der Waals surface area contributed by atoms with Crippen LogP contribution in [0.5, 0.6) is 0 Å². The van der Waals surface area contributed by atoms with Crippen LogP contribution >= 0.6 is 0 Å². The molecule has 1 heterocycles. The van der Waals surface area contributed by atoms with Gasteiger partial charge in [-0.2, -0.15) is 0 Å². The lowest BCUT2D eigenvalue weighted by molar-refractivity contribution is 0.485. The lowest BCUT2D eigenvalue weighted by Crippen LogP contribution is -2.16. The Morgan fingerprint density at radius 3 is 1.83 bits per heavy atom. The van der Waals surface area contributed by atoms with E-state index in [4.69, 9.17) is 9.97 Å². The predicted molar refractivity (Wildman–Crippen MR) is 94.1 cm³/mol. The number of hydrogen-bond acceptors (Lipinski definition) is 2. The molecule has 2 heteroatoms. The highest BCUT2D eigenvalue weighted by molar-refractivity contribution is 5.78. The van der Waals surface area contributed by atoms with Crippen LogP contribution in [-0.2, 0) is 12.8 Å². The smallest absolute Gasteiger partial charge is 0.0968 e. The van der Waals surface area contributed by atoms with Gasteiger partial charge in [0.2, 0.25) is 0 Å². The first-order chi connectivity index (χ1) is 11.3. The summed E-state index contributed by atoms with van der Waals surface area (Å²) in [6, 6.07) is 20.8. The highest BCUT2D eigenvalue weighted by Gasteiger charge is 2.21. The second kappa shape index (κ2) is 5.96. The maximum Gasteiger partial charge on any atom is 0.0968 e. The van der Waals surface area contributed by atoms with Gasteiger partial charge in [0, 0.05) is 11.1 Å². The van der Waals surface area contributed by atoms with Gasteiger partial charge >= 0.3 is 0 Å². The van der Waals surface area contributed by atoms with E-state index in [1.165, 1.54) is 17.8 Å². The van der Waals surface area contributed by atoms with Gasteiger partial charge in [0.15, 0.2) is 0 Å². The molecule has 2 nitrogen and oxygen atoms in total. The molecule has 1 aliphatic rings. The fourth-order valence-electron chi connectivity index (χ4n) is 3.28. The SMILES string of the molecule is CC1CCc2nc(-c3ccccc3)c(-c3ccccc3)nc2C1. The van der Waals surface area contributed by atoms with Crippen LogP contribution in [0.4, 0.5) is 0 Å². The molecule has 0 aliphatic heterocycles. The summed E-state index contributed by atoms with van der Waals surface area (Å²) < 4.78 is 0. The number of hydrogen-bond donors (Lipinski definition) is 0.